The van der Waals surface area contributed by atoms with Gasteiger partial charge in [-0.2, -0.15) is 0 Å². The number of amides is 1. The summed E-state index contributed by atoms with van der Waals surface area (Å²) in [5, 5.41) is 4.00. The van der Waals surface area contributed by atoms with Crippen molar-refractivity contribution in [3.05, 3.63) is 72.8 Å². The molecular weight excluding hydrogens is 432 g/mol. The van der Waals surface area contributed by atoms with Crippen molar-refractivity contribution in [2.45, 2.75) is 12.8 Å². The molecule has 2 aromatic carbocycles. The van der Waals surface area contributed by atoms with Crippen LogP contribution in [-0.2, 0) is 11.2 Å². The number of anilines is 1. The van der Waals surface area contributed by atoms with Gasteiger partial charge in [0.2, 0.25) is 5.91 Å². The van der Waals surface area contributed by atoms with Gasteiger partial charge >= 0.3 is 0 Å². The van der Waals surface area contributed by atoms with Gasteiger partial charge in [0, 0.05) is 37.9 Å². The van der Waals surface area contributed by atoms with Gasteiger partial charge in [0.05, 0.1) is 16.4 Å². The van der Waals surface area contributed by atoms with Gasteiger partial charge in [0.15, 0.2) is 0 Å². The molecule has 5 rings (SSSR count). The van der Waals surface area contributed by atoms with Crippen LogP contribution in [0, 0.1) is 0 Å². The first kappa shape index (κ1) is 21.1. The first-order valence-corrected chi connectivity index (χ1v) is 11.7. The molecule has 3 heterocycles. The smallest absolute Gasteiger partial charge is 0.221 e. The van der Waals surface area contributed by atoms with E-state index in [4.69, 9.17) is 0 Å². The van der Waals surface area contributed by atoms with E-state index >= 15 is 0 Å². The Hall–Kier alpha value is -3.78. The number of hydrogen-bond acceptors (Lipinski definition) is 6. The van der Waals surface area contributed by atoms with E-state index in [1.807, 2.05) is 54.4 Å². The number of carbonyl (C=O) groups excluding carboxylic acids is 1. The summed E-state index contributed by atoms with van der Waals surface area (Å²) in [7, 11) is 1.96. The largest absolute Gasteiger partial charge is 0.359 e. The highest BCUT2D eigenvalue weighted by Crippen LogP contribution is 2.35. The van der Waals surface area contributed by atoms with Crippen LogP contribution in [-0.4, -0.2) is 46.0 Å². The summed E-state index contributed by atoms with van der Waals surface area (Å²) in [5.41, 5.74) is 3.12. The number of aromatic nitrogens is 4. The van der Waals surface area contributed by atoms with E-state index in [2.05, 4.69) is 43.5 Å². The fourth-order valence-corrected chi connectivity index (χ4v) is 4.80. The molecule has 166 valence electrons. The van der Waals surface area contributed by atoms with Gasteiger partial charge in [-0.05, 0) is 23.8 Å². The number of thiophene rings is 1. The highest BCUT2D eigenvalue weighted by atomic mass is 32.1. The van der Waals surface area contributed by atoms with Crippen molar-refractivity contribution >= 4 is 44.3 Å². The normalized spacial score (nSPS) is 11.2. The summed E-state index contributed by atoms with van der Waals surface area (Å²) in [6.07, 6.45) is 2.64. The number of hydrogen-bond donors (Lipinski definition) is 2. The number of carbonyl (C=O) groups is 1. The van der Waals surface area contributed by atoms with E-state index in [-0.39, 0.29) is 5.91 Å². The van der Waals surface area contributed by atoms with E-state index in [9.17, 15) is 4.79 Å². The molecule has 0 radical (unpaired) electrons. The number of benzene rings is 2. The predicted molar refractivity (Wildman–Crippen MR) is 134 cm³/mol. The lowest BCUT2D eigenvalue weighted by Crippen LogP contribution is -2.30. The second kappa shape index (κ2) is 9.38. The first-order valence-electron chi connectivity index (χ1n) is 10.9. The van der Waals surface area contributed by atoms with Crippen LogP contribution in [0.25, 0.3) is 31.7 Å². The van der Waals surface area contributed by atoms with Crippen LogP contribution in [0.1, 0.15) is 12.2 Å². The zero-order valence-corrected chi connectivity index (χ0v) is 19.1. The second-order valence-corrected chi connectivity index (χ2v) is 8.90. The van der Waals surface area contributed by atoms with E-state index < -0.39 is 0 Å². The molecule has 0 spiro atoms. The lowest BCUT2D eigenvalue weighted by Gasteiger charge is -2.18. The molecule has 3 aromatic heterocycles. The van der Waals surface area contributed by atoms with Gasteiger partial charge < -0.3 is 15.2 Å². The minimum atomic E-state index is 0.0126. The maximum absolute atomic E-state index is 12.4. The molecule has 0 aliphatic rings. The zero-order valence-electron chi connectivity index (χ0n) is 18.3. The molecule has 1 amide bonds. The quantitative estimate of drug-likeness (QED) is 0.361. The third-order valence-corrected chi connectivity index (χ3v) is 6.62. The summed E-state index contributed by atoms with van der Waals surface area (Å²) < 4.78 is 0. The molecule has 2 N–H and O–H groups in total. The van der Waals surface area contributed by atoms with Crippen molar-refractivity contribution in [2.75, 3.05) is 25.0 Å². The summed E-state index contributed by atoms with van der Waals surface area (Å²) in [6.45, 7) is 1.12. The third kappa shape index (κ3) is 4.70. The molecule has 0 unspecified atom stereocenters. The summed E-state index contributed by atoms with van der Waals surface area (Å²) in [5.74, 6) is 1.73. The summed E-state index contributed by atoms with van der Waals surface area (Å²) >= 11 is 1.65. The van der Waals surface area contributed by atoms with Crippen molar-refractivity contribution in [1.82, 2.24) is 25.3 Å². The van der Waals surface area contributed by atoms with Crippen molar-refractivity contribution in [1.29, 1.82) is 0 Å². The Balaban J connectivity index is 1.17. The van der Waals surface area contributed by atoms with E-state index in [1.54, 1.807) is 17.7 Å². The second-order valence-electron chi connectivity index (χ2n) is 7.86. The molecule has 33 heavy (non-hydrogen) atoms. The van der Waals surface area contributed by atoms with Crippen LogP contribution >= 0.6 is 11.3 Å². The lowest BCUT2D eigenvalue weighted by atomic mass is 10.2. The highest BCUT2D eigenvalue weighted by Gasteiger charge is 2.14. The fraction of sp³-hybridized carbons (Fsp3) is 0.200. The van der Waals surface area contributed by atoms with Gasteiger partial charge in [-0.3, -0.25) is 4.79 Å². The molecule has 7 nitrogen and oxygen atoms in total. The van der Waals surface area contributed by atoms with Crippen LogP contribution in [0.2, 0.25) is 0 Å². The zero-order chi connectivity index (χ0) is 22.6. The summed E-state index contributed by atoms with van der Waals surface area (Å²) in [4.78, 5) is 33.3. The Morgan fingerprint density at radius 2 is 1.91 bits per heavy atom. The number of nitrogens with zero attached hydrogens (tertiary/aromatic N) is 4. The van der Waals surface area contributed by atoms with Crippen molar-refractivity contribution < 1.29 is 4.79 Å². The minimum Gasteiger partial charge on any atom is -0.359 e. The number of aromatic amines is 1. The van der Waals surface area contributed by atoms with Crippen molar-refractivity contribution in [3.8, 4) is 10.4 Å². The van der Waals surface area contributed by atoms with Crippen LogP contribution < -0.4 is 10.2 Å². The lowest BCUT2D eigenvalue weighted by molar-refractivity contribution is -0.120. The molecule has 0 aliphatic carbocycles. The van der Waals surface area contributed by atoms with Crippen LogP contribution in [0.3, 0.4) is 0 Å². The monoisotopic (exact) mass is 456 g/mol. The molecule has 0 bridgehead atoms. The Bertz CT molecular complexity index is 1360. The minimum absolute atomic E-state index is 0.0126. The number of para-hydroxylation sites is 2. The van der Waals surface area contributed by atoms with Crippen LogP contribution in [0.15, 0.2) is 67.0 Å². The topological polar surface area (TPSA) is 86.8 Å². The molecule has 0 atom stereocenters. The van der Waals surface area contributed by atoms with Crippen molar-refractivity contribution in [3.63, 3.8) is 0 Å². The van der Waals surface area contributed by atoms with Crippen LogP contribution in [0.4, 0.5) is 5.82 Å². The molecule has 8 heteroatoms. The number of rotatable bonds is 8. The number of fused-ring (bicyclic) bond motifs is 2. The van der Waals surface area contributed by atoms with E-state index in [1.165, 1.54) is 0 Å². The summed E-state index contributed by atoms with van der Waals surface area (Å²) in [6, 6.07) is 20.3. The molecular formula is C25H24N6OS. The average molecular weight is 457 g/mol. The Morgan fingerprint density at radius 3 is 2.76 bits per heavy atom. The SMILES string of the molecule is CN(CCC(=O)NCCc1nc2ccccc2[nH]1)c1ncnc2sc(-c3ccccc3)cc12. The number of imidazole rings is 1. The average Bonchev–Trinajstić information content (AvgIpc) is 3.47. The molecule has 0 fully saturated rings. The number of H-pyrrole nitrogens is 1. The van der Waals surface area contributed by atoms with Gasteiger partial charge in [0.1, 0.15) is 22.8 Å². The first-order chi connectivity index (χ1) is 16.2. The molecule has 5 aromatic rings. The Morgan fingerprint density at radius 1 is 1.09 bits per heavy atom. The Kier molecular flexibility index (Phi) is 5.99. The molecule has 0 saturated heterocycles. The predicted octanol–water partition coefficient (Wildman–Crippen LogP) is 4.42. The maximum atomic E-state index is 12.4. The van der Waals surface area contributed by atoms with E-state index in [0.717, 1.165) is 43.3 Å². The van der Waals surface area contributed by atoms with Gasteiger partial charge in [-0.1, -0.05) is 42.5 Å². The van der Waals surface area contributed by atoms with Gasteiger partial charge in [-0.25, -0.2) is 15.0 Å². The Labute approximate surface area is 195 Å². The van der Waals surface area contributed by atoms with E-state index in [0.29, 0.717) is 25.9 Å². The third-order valence-electron chi connectivity index (χ3n) is 5.52. The molecule has 0 saturated carbocycles. The fourth-order valence-electron chi connectivity index (χ4n) is 3.80. The highest BCUT2D eigenvalue weighted by molar-refractivity contribution is 7.21. The van der Waals surface area contributed by atoms with Crippen molar-refractivity contribution in [2.24, 2.45) is 0 Å². The maximum Gasteiger partial charge on any atom is 0.221 e. The van der Waals surface area contributed by atoms with Gasteiger partial charge in [0.25, 0.3) is 0 Å². The van der Waals surface area contributed by atoms with Gasteiger partial charge in [-0.15, -0.1) is 11.3 Å². The van der Waals surface area contributed by atoms with Crippen LogP contribution in [0.5, 0.6) is 0 Å². The molecule has 0 aliphatic heterocycles. The standard InChI is InChI=1S/C25H24N6OS/c1-31(14-12-23(32)26-13-11-22-29-19-9-5-6-10-20(19)30-22)24-18-15-21(17-7-3-2-4-8-17)33-25(18)28-16-27-24/h2-10,15-16H,11-14H2,1H3,(H,26,32)(H,29,30). The number of nitrogens with one attached hydrogen (secondary N) is 2.